The number of benzene rings is 2. The number of ether oxygens (including phenoxy) is 1. The molecule has 8 nitrogen and oxygen atoms in total. The number of carbonyl (C=O) groups is 1. The second-order valence-corrected chi connectivity index (χ2v) is 7.47. The number of nitrogens with one attached hydrogen (secondary N) is 1. The molecule has 2 atom stereocenters. The topological polar surface area (TPSA) is 122 Å². The molecule has 1 amide bonds. The van der Waals surface area contributed by atoms with Gasteiger partial charge in [-0.3, -0.25) is 14.9 Å². The number of hydrogen-bond acceptors (Lipinski definition) is 6. The molecule has 0 fully saturated rings. The van der Waals surface area contributed by atoms with Crippen molar-refractivity contribution in [3.63, 3.8) is 0 Å². The number of nitrogens with zero attached hydrogens (tertiary/aromatic N) is 1. The zero-order chi connectivity index (χ0) is 20.6. The van der Waals surface area contributed by atoms with Gasteiger partial charge in [0.15, 0.2) is 0 Å². The number of carbonyl (C=O) groups excluding carboxylic acids is 1. The first-order valence-electron chi connectivity index (χ1n) is 8.81. The number of nitro groups is 1. The van der Waals surface area contributed by atoms with Crippen LogP contribution in [-0.2, 0) is 11.2 Å². The Morgan fingerprint density at radius 2 is 1.89 bits per heavy atom. The van der Waals surface area contributed by atoms with Crippen LogP contribution in [0.1, 0.15) is 36.6 Å². The minimum absolute atomic E-state index is 0.0449. The zero-order valence-corrected chi connectivity index (χ0v) is 15.8. The number of anilines is 1. The van der Waals surface area contributed by atoms with Crippen LogP contribution < -0.4 is 10.1 Å². The molecule has 0 saturated carbocycles. The third kappa shape index (κ3) is 3.83. The summed E-state index contributed by atoms with van der Waals surface area (Å²) in [6.45, 7) is 5.09. The third-order valence-corrected chi connectivity index (χ3v) is 4.79. The molecule has 28 heavy (non-hydrogen) atoms. The molecule has 1 aliphatic rings. The summed E-state index contributed by atoms with van der Waals surface area (Å²) in [7, 11) is 0. The van der Waals surface area contributed by atoms with E-state index in [9.17, 15) is 25.1 Å². The zero-order valence-electron chi connectivity index (χ0n) is 15.8. The van der Waals surface area contributed by atoms with Crippen molar-refractivity contribution in [1.82, 2.24) is 0 Å². The van der Waals surface area contributed by atoms with Crippen LogP contribution in [0.3, 0.4) is 0 Å². The van der Waals surface area contributed by atoms with Crippen molar-refractivity contribution >= 4 is 17.3 Å². The summed E-state index contributed by atoms with van der Waals surface area (Å²) in [5, 5.41) is 34.6. The van der Waals surface area contributed by atoms with Gasteiger partial charge in [0.2, 0.25) is 5.91 Å². The summed E-state index contributed by atoms with van der Waals surface area (Å²) in [5.74, 6) is -0.329. The third-order valence-electron chi connectivity index (χ3n) is 4.79. The Hall–Kier alpha value is -2.97. The Morgan fingerprint density at radius 1 is 1.25 bits per heavy atom. The summed E-state index contributed by atoms with van der Waals surface area (Å²) in [4.78, 5) is 23.2. The summed E-state index contributed by atoms with van der Waals surface area (Å²) in [5.41, 5.74) is 0.485. The lowest BCUT2D eigenvalue weighted by Gasteiger charge is -2.40. The van der Waals surface area contributed by atoms with E-state index in [0.29, 0.717) is 0 Å². The van der Waals surface area contributed by atoms with E-state index >= 15 is 0 Å². The molecule has 1 heterocycles. The number of aliphatic hydroxyl groups is 2. The molecule has 0 bridgehead atoms. The summed E-state index contributed by atoms with van der Waals surface area (Å²) < 4.78 is 5.63. The quantitative estimate of drug-likeness (QED) is 0.548. The van der Waals surface area contributed by atoms with Gasteiger partial charge in [0.05, 0.1) is 17.4 Å². The van der Waals surface area contributed by atoms with Crippen LogP contribution in [0.2, 0.25) is 0 Å². The van der Waals surface area contributed by atoms with E-state index in [4.69, 9.17) is 4.74 Å². The molecule has 0 saturated heterocycles. The number of amides is 1. The van der Waals surface area contributed by atoms with Gasteiger partial charge in [0.25, 0.3) is 5.69 Å². The van der Waals surface area contributed by atoms with Crippen molar-refractivity contribution in [2.45, 2.75) is 45.0 Å². The van der Waals surface area contributed by atoms with Crippen LogP contribution in [0.5, 0.6) is 5.75 Å². The molecule has 2 aromatic rings. The normalized spacial score (nSPS) is 20.0. The maximum Gasteiger partial charge on any atom is 0.296 e. The molecule has 0 spiro atoms. The fourth-order valence-electron chi connectivity index (χ4n) is 3.14. The van der Waals surface area contributed by atoms with Gasteiger partial charge in [-0.15, -0.1) is 0 Å². The van der Waals surface area contributed by atoms with Crippen LogP contribution >= 0.6 is 0 Å². The van der Waals surface area contributed by atoms with E-state index in [1.165, 1.54) is 6.07 Å². The predicted octanol–water partition coefficient (Wildman–Crippen LogP) is 2.65. The van der Waals surface area contributed by atoms with Gasteiger partial charge in [-0.25, -0.2) is 0 Å². The van der Waals surface area contributed by atoms with E-state index in [1.807, 2.05) is 31.2 Å². The highest BCUT2D eigenvalue weighted by atomic mass is 16.6. The number of nitro benzene ring substituents is 1. The Labute approximate surface area is 161 Å². The molecule has 0 unspecified atom stereocenters. The molecular formula is C20H22N2O6. The number of aliphatic hydroxyl groups excluding tert-OH is 2. The van der Waals surface area contributed by atoms with E-state index in [-0.39, 0.29) is 29.1 Å². The number of rotatable bonds is 4. The van der Waals surface area contributed by atoms with Gasteiger partial charge in [0, 0.05) is 5.56 Å². The van der Waals surface area contributed by atoms with Crippen molar-refractivity contribution in [2.75, 3.05) is 5.32 Å². The first-order chi connectivity index (χ1) is 13.1. The fourth-order valence-corrected chi connectivity index (χ4v) is 3.14. The van der Waals surface area contributed by atoms with Gasteiger partial charge < -0.3 is 20.3 Å². The smallest absolute Gasteiger partial charge is 0.296 e. The van der Waals surface area contributed by atoms with Gasteiger partial charge >= 0.3 is 0 Å². The Bertz CT molecular complexity index is 923. The Morgan fingerprint density at radius 3 is 2.50 bits per heavy atom. The van der Waals surface area contributed by atoms with Crippen LogP contribution in [-0.4, -0.2) is 32.7 Å². The lowest BCUT2D eigenvalue weighted by atomic mass is 9.88. The SMILES string of the molecule is Cc1ccc(CC(=O)Nc2cc3c(cc2[N+](=O)[O-])OC(C)(C)[C@H](O)[C@H]3O)cc1. The van der Waals surface area contributed by atoms with Gasteiger partial charge in [-0.1, -0.05) is 29.8 Å². The summed E-state index contributed by atoms with van der Waals surface area (Å²) in [6.07, 6.45) is -2.48. The molecule has 3 rings (SSSR count). The maximum absolute atomic E-state index is 12.4. The summed E-state index contributed by atoms with van der Waals surface area (Å²) >= 11 is 0. The molecule has 3 N–H and O–H groups in total. The van der Waals surface area contributed by atoms with Gasteiger partial charge in [0.1, 0.15) is 29.2 Å². The maximum atomic E-state index is 12.4. The molecule has 0 aliphatic carbocycles. The van der Waals surface area contributed by atoms with Crippen molar-refractivity contribution in [3.8, 4) is 5.75 Å². The Kier molecular flexibility index (Phi) is 5.10. The van der Waals surface area contributed by atoms with Gasteiger partial charge in [-0.2, -0.15) is 0 Å². The lowest BCUT2D eigenvalue weighted by molar-refractivity contribution is -0.384. The first kappa shape index (κ1) is 19.8. The number of fused-ring (bicyclic) bond motifs is 1. The van der Waals surface area contributed by atoms with E-state index in [1.54, 1.807) is 13.8 Å². The highest BCUT2D eigenvalue weighted by Crippen LogP contribution is 2.44. The van der Waals surface area contributed by atoms with Crippen LogP contribution in [0, 0.1) is 17.0 Å². The second kappa shape index (κ2) is 7.21. The van der Waals surface area contributed by atoms with Crippen molar-refractivity contribution in [2.24, 2.45) is 0 Å². The largest absolute Gasteiger partial charge is 0.484 e. The average molecular weight is 386 g/mol. The fraction of sp³-hybridized carbons (Fsp3) is 0.350. The predicted molar refractivity (Wildman–Crippen MR) is 102 cm³/mol. The first-order valence-corrected chi connectivity index (χ1v) is 8.81. The Balaban J connectivity index is 1.91. The monoisotopic (exact) mass is 386 g/mol. The van der Waals surface area contributed by atoms with Crippen molar-refractivity contribution in [1.29, 1.82) is 0 Å². The van der Waals surface area contributed by atoms with Crippen LogP contribution in [0.25, 0.3) is 0 Å². The second-order valence-electron chi connectivity index (χ2n) is 7.47. The molecular weight excluding hydrogens is 364 g/mol. The molecule has 8 heteroatoms. The average Bonchev–Trinajstić information content (AvgIpc) is 2.61. The molecule has 1 aliphatic heterocycles. The van der Waals surface area contributed by atoms with E-state index < -0.39 is 28.6 Å². The molecule has 2 aromatic carbocycles. The molecule has 0 aromatic heterocycles. The minimum Gasteiger partial charge on any atom is -0.484 e. The minimum atomic E-state index is -1.30. The summed E-state index contributed by atoms with van der Waals surface area (Å²) in [6, 6.07) is 9.82. The molecule has 148 valence electrons. The lowest BCUT2D eigenvalue weighted by Crippen LogP contribution is -2.48. The van der Waals surface area contributed by atoms with Crippen molar-refractivity contribution < 1.29 is 24.7 Å². The number of hydrogen-bond donors (Lipinski definition) is 3. The van der Waals surface area contributed by atoms with E-state index in [0.717, 1.165) is 17.2 Å². The highest BCUT2D eigenvalue weighted by molar-refractivity contribution is 5.94. The molecule has 0 radical (unpaired) electrons. The van der Waals surface area contributed by atoms with E-state index in [2.05, 4.69) is 5.32 Å². The highest BCUT2D eigenvalue weighted by Gasteiger charge is 2.43. The van der Waals surface area contributed by atoms with Crippen LogP contribution in [0.4, 0.5) is 11.4 Å². The van der Waals surface area contributed by atoms with Crippen LogP contribution in [0.15, 0.2) is 36.4 Å². The van der Waals surface area contributed by atoms with Gasteiger partial charge in [-0.05, 0) is 32.4 Å². The van der Waals surface area contributed by atoms with Crippen molar-refractivity contribution in [3.05, 3.63) is 63.2 Å². The standard InChI is InChI=1S/C20H22N2O6/c1-11-4-6-12(7-5-11)8-17(23)21-14-9-13-16(10-15(14)22(26)27)28-20(2,3)19(25)18(13)24/h4-7,9-10,18-19,24-25H,8H2,1-3H3,(H,21,23)/t18-,19+/m0/s1. The number of aryl methyl sites for hydroxylation is 1.